The number of ether oxygens (including phenoxy) is 5. The minimum atomic E-state index is -2.34. The summed E-state index contributed by atoms with van der Waals surface area (Å²) in [4.78, 5) is 67.1. The van der Waals surface area contributed by atoms with E-state index in [9.17, 15) is 39.3 Å². The van der Waals surface area contributed by atoms with Crippen LogP contribution in [-0.2, 0) is 47.7 Å². The summed E-state index contributed by atoms with van der Waals surface area (Å²) in [5, 5.41) is 32.9. The molecule has 1 saturated carbocycles. The van der Waals surface area contributed by atoms with Gasteiger partial charge in [0.2, 0.25) is 5.79 Å². The van der Waals surface area contributed by atoms with E-state index in [1.165, 1.54) is 19.1 Å². The summed E-state index contributed by atoms with van der Waals surface area (Å²) in [5.74, 6) is -6.23. The molecule has 1 amide bonds. The Hall–Kier alpha value is -3.63. The van der Waals surface area contributed by atoms with Crippen molar-refractivity contribution in [2.75, 3.05) is 35.0 Å². The quantitative estimate of drug-likeness (QED) is 0.0309. The molecule has 0 bridgehead atoms. The number of carbonyl (C=O) groups excluding carboxylic acids is 5. The minimum Gasteiger partial charge on any atom is -0.467 e. The van der Waals surface area contributed by atoms with Crippen LogP contribution in [0.2, 0.25) is 0 Å². The molecule has 0 aromatic heterocycles. The number of aliphatic hydroxyl groups is 3. The van der Waals surface area contributed by atoms with E-state index in [1.807, 2.05) is 57.2 Å². The first kappa shape index (κ1) is 56.7. The molecule has 2 heterocycles. The van der Waals surface area contributed by atoms with Crippen molar-refractivity contribution < 1.29 is 63.0 Å². The van der Waals surface area contributed by atoms with Crippen molar-refractivity contribution in [2.45, 2.75) is 168 Å². The van der Waals surface area contributed by atoms with E-state index in [1.54, 1.807) is 47.1 Å². The summed E-state index contributed by atoms with van der Waals surface area (Å²) < 4.78 is 27.6. The van der Waals surface area contributed by atoms with Gasteiger partial charge in [0, 0.05) is 52.0 Å². The normalized spacial score (nSPS) is 29.0. The Kier molecular flexibility index (Phi) is 23.5. The van der Waals surface area contributed by atoms with Crippen molar-refractivity contribution in [2.24, 2.45) is 35.5 Å². The predicted octanol–water partition coefficient (Wildman–Crippen LogP) is 6.59. The van der Waals surface area contributed by atoms with E-state index in [0.29, 0.717) is 62.9 Å². The van der Waals surface area contributed by atoms with Crippen LogP contribution in [0.25, 0.3) is 0 Å². The summed E-state index contributed by atoms with van der Waals surface area (Å²) in [6, 6.07) is -0.881. The van der Waals surface area contributed by atoms with Crippen LogP contribution in [0.4, 0.5) is 0 Å². The van der Waals surface area contributed by atoms with Gasteiger partial charge in [-0.1, -0.05) is 77.2 Å². The number of Topliss-reactive ketones (excluding diaryl/α,β-unsaturated/α-hetero) is 2. The third-order valence-electron chi connectivity index (χ3n) is 13.9. The molecule has 2 saturated heterocycles. The molecule has 3 N–H and O–H groups in total. The van der Waals surface area contributed by atoms with Gasteiger partial charge in [-0.3, -0.25) is 19.2 Å². The van der Waals surface area contributed by atoms with Crippen LogP contribution in [0.15, 0.2) is 59.8 Å². The smallest absolute Gasteiger partial charge is 0.328 e. The fourth-order valence-electron chi connectivity index (χ4n) is 9.61. The lowest BCUT2D eigenvalue weighted by atomic mass is 9.80. The van der Waals surface area contributed by atoms with Gasteiger partial charge in [0.1, 0.15) is 18.2 Å². The number of piperidine rings is 1. The summed E-state index contributed by atoms with van der Waals surface area (Å²) in [5.41, 5.74) is 1.37. The molecule has 3 aliphatic rings. The van der Waals surface area contributed by atoms with Crippen molar-refractivity contribution in [1.29, 1.82) is 0 Å². The Labute approximate surface area is 393 Å². The second kappa shape index (κ2) is 27.4. The van der Waals surface area contributed by atoms with Crippen LogP contribution in [0.1, 0.15) is 119 Å². The molecule has 0 radical (unpaired) electrons. The monoisotopic (exact) mass is 928 g/mol. The van der Waals surface area contributed by atoms with Crippen molar-refractivity contribution in [3.05, 3.63) is 59.8 Å². The number of amides is 1. The van der Waals surface area contributed by atoms with Crippen LogP contribution >= 0.6 is 0 Å². The lowest BCUT2D eigenvalue weighted by Gasteiger charge is -2.42. The maximum absolute atomic E-state index is 13.6. The Morgan fingerprint density at radius 3 is 2.21 bits per heavy atom. The molecule has 0 aromatic carbocycles. The SMILES string of the molecule is COC(=O)C1CCCCN1C(=O)C(=O)[C@]1(O)O[C@@H](C[C@H](OC)/C(C)=C/C=C/C=C\[C@@H](C)C[C@H](C)C(=O)[C@@H](OC)[C@@H](O)/C(C)=C/[C@@H](C)C(=O)/C=C/[C@@H](C)CC2CC[C@@H](O)[C@H](OC)C2)CC[C@H]1C. The summed E-state index contributed by atoms with van der Waals surface area (Å²) in [7, 11) is 5.84. The Bertz CT molecular complexity index is 1770. The number of methoxy groups -OCH3 is 4. The second-order valence-corrected chi connectivity index (χ2v) is 19.2. The number of hydrogen-bond acceptors (Lipinski definition) is 13. The minimum absolute atomic E-state index is 0.0232. The van der Waals surface area contributed by atoms with Gasteiger partial charge in [0.05, 0.1) is 31.5 Å². The molecule has 2 unspecified atom stereocenters. The molecule has 14 nitrogen and oxygen atoms in total. The molecule has 2 aliphatic heterocycles. The number of nitrogens with zero attached hydrogens (tertiary/aromatic N) is 1. The Balaban J connectivity index is 1.51. The van der Waals surface area contributed by atoms with Crippen LogP contribution in [0.3, 0.4) is 0 Å². The summed E-state index contributed by atoms with van der Waals surface area (Å²) in [6.07, 6.45) is 17.8. The topological polar surface area (TPSA) is 195 Å². The van der Waals surface area contributed by atoms with Gasteiger partial charge >= 0.3 is 5.97 Å². The van der Waals surface area contributed by atoms with Gasteiger partial charge < -0.3 is 43.9 Å². The molecule has 66 heavy (non-hydrogen) atoms. The highest BCUT2D eigenvalue weighted by molar-refractivity contribution is 6.39. The third kappa shape index (κ3) is 16.0. The largest absolute Gasteiger partial charge is 0.467 e. The lowest BCUT2D eigenvalue weighted by Crippen LogP contribution is -2.60. The van der Waals surface area contributed by atoms with E-state index in [2.05, 4.69) is 6.92 Å². The summed E-state index contributed by atoms with van der Waals surface area (Å²) in [6.45, 7) is 13.2. The number of carbonyl (C=O) groups is 5. The molecule has 14 atom stereocenters. The highest BCUT2D eigenvalue weighted by Crippen LogP contribution is 2.37. The van der Waals surface area contributed by atoms with Crippen molar-refractivity contribution in [3.63, 3.8) is 0 Å². The lowest BCUT2D eigenvalue weighted by molar-refractivity contribution is -0.265. The van der Waals surface area contributed by atoms with Gasteiger partial charge in [0.25, 0.3) is 11.7 Å². The third-order valence-corrected chi connectivity index (χ3v) is 13.9. The number of allylic oxidation sites excluding steroid dienone is 8. The number of esters is 1. The fraction of sp³-hybridized carbons (Fsp3) is 0.712. The highest BCUT2D eigenvalue weighted by Gasteiger charge is 2.53. The van der Waals surface area contributed by atoms with E-state index in [-0.39, 0.29) is 36.1 Å². The molecular formula is C52H81NO13. The van der Waals surface area contributed by atoms with Gasteiger partial charge in [0.15, 0.2) is 11.6 Å². The van der Waals surface area contributed by atoms with E-state index in [0.717, 1.165) is 24.8 Å². The maximum Gasteiger partial charge on any atom is 0.328 e. The molecular weight excluding hydrogens is 847 g/mol. The van der Waals surface area contributed by atoms with Crippen LogP contribution < -0.4 is 0 Å². The number of ketones is 3. The van der Waals surface area contributed by atoms with Crippen LogP contribution in [0, 0.1) is 35.5 Å². The zero-order valence-corrected chi connectivity index (χ0v) is 41.5. The van der Waals surface area contributed by atoms with E-state index >= 15 is 0 Å². The Morgan fingerprint density at radius 1 is 0.848 bits per heavy atom. The molecule has 3 fully saturated rings. The average Bonchev–Trinajstić information content (AvgIpc) is 3.30. The maximum atomic E-state index is 13.6. The average molecular weight is 928 g/mol. The van der Waals surface area contributed by atoms with Gasteiger partial charge in [-0.2, -0.15) is 0 Å². The standard InChI is InChI=1S/C52H81NO13/c1-32(27-36(5)46(56)48(64-10)47(57)37(6)29-35(4)42(54)24-20-33(2)28-39-22-25-43(55)45(30-39)63-9)17-13-12-14-18-34(3)44(62-8)31-40-23-21-38(7)52(61,66-40)49(58)50(59)53-26-16-15-19-41(53)51(60)65-11/h12-14,17-18,20,24,29,32-33,35-36,38-41,43-45,47-48,55,57,61H,15-16,19,21-23,25-28,30-31H2,1-11H3/b14-12+,17-13-,24-20+,34-18+,37-29+/t32-,33-,35-,36+,38-,39?,40-,41?,43-,44+,45-,47+,48-,52-/m1/s1. The van der Waals surface area contributed by atoms with Crippen molar-refractivity contribution >= 4 is 29.2 Å². The Morgan fingerprint density at radius 2 is 1.56 bits per heavy atom. The molecule has 372 valence electrons. The van der Waals surface area contributed by atoms with Crippen LogP contribution in [0.5, 0.6) is 0 Å². The van der Waals surface area contributed by atoms with E-state index in [4.69, 9.17) is 23.7 Å². The number of aliphatic hydroxyl groups excluding tert-OH is 2. The second-order valence-electron chi connectivity index (χ2n) is 19.2. The highest BCUT2D eigenvalue weighted by atomic mass is 16.6. The zero-order valence-electron chi connectivity index (χ0n) is 41.5. The van der Waals surface area contributed by atoms with Gasteiger partial charge in [-0.25, -0.2) is 4.79 Å². The predicted molar refractivity (Wildman–Crippen MR) is 252 cm³/mol. The molecule has 14 heteroatoms. The van der Waals surface area contributed by atoms with Crippen molar-refractivity contribution in [1.82, 2.24) is 4.90 Å². The molecule has 0 aromatic rings. The van der Waals surface area contributed by atoms with Crippen LogP contribution in [-0.4, -0.2) is 133 Å². The first-order valence-corrected chi connectivity index (χ1v) is 24.0. The molecule has 3 rings (SSSR count). The number of hydrogen-bond donors (Lipinski definition) is 3. The fourth-order valence-corrected chi connectivity index (χ4v) is 9.61. The summed E-state index contributed by atoms with van der Waals surface area (Å²) >= 11 is 0. The molecule has 1 aliphatic carbocycles. The first-order valence-electron chi connectivity index (χ1n) is 24.0. The zero-order chi connectivity index (χ0) is 49.3. The van der Waals surface area contributed by atoms with E-state index < -0.39 is 77.8 Å². The van der Waals surface area contributed by atoms with Crippen molar-refractivity contribution in [3.8, 4) is 0 Å². The number of rotatable bonds is 24. The molecule has 0 spiro atoms. The van der Waals surface area contributed by atoms with Gasteiger partial charge in [-0.05, 0) is 113 Å². The van der Waals surface area contributed by atoms with Gasteiger partial charge in [-0.15, -0.1) is 0 Å². The first-order chi connectivity index (χ1) is 31.2. The number of likely N-dealkylation sites (tertiary alicyclic amines) is 1.